The van der Waals surface area contributed by atoms with Gasteiger partial charge in [0.15, 0.2) is 0 Å². The fraction of sp³-hybridized carbons (Fsp3) is 0.111. The van der Waals surface area contributed by atoms with Gasteiger partial charge in [0.2, 0.25) is 12.2 Å². The maximum absolute atomic E-state index is 12.2. The smallest absolute Gasteiger partial charge is 0.358 e. The van der Waals surface area contributed by atoms with Crippen LogP contribution >= 0.6 is 0 Å². The molecule has 2 aromatic carbocycles. The monoisotopic (exact) mass is 336 g/mol. The Balaban J connectivity index is 1.69. The van der Waals surface area contributed by atoms with Crippen molar-refractivity contribution in [1.29, 1.82) is 0 Å². The molecule has 1 aromatic heterocycles. The van der Waals surface area contributed by atoms with E-state index in [9.17, 15) is 14.9 Å². The van der Waals surface area contributed by atoms with Gasteiger partial charge in [-0.1, -0.05) is 48.5 Å². The second-order valence-electron chi connectivity index (χ2n) is 5.53. The average molecular weight is 336 g/mol. The number of nitro groups is 1. The molecule has 1 amide bonds. The molecular formula is C18H16N4O3. The van der Waals surface area contributed by atoms with Gasteiger partial charge in [-0.3, -0.25) is 4.79 Å². The van der Waals surface area contributed by atoms with Crippen molar-refractivity contribution in [2.24, 2.45) is 0 Å². The van der Waals surface area contributed by atoms with E-state index in [0.29, 0.717) is 6.42 Å². The number of para-hydroxylation sites is 1. The fourth-order valence-electron chi connectivity index (χ4n) is 2.50. The number of benzene rings is 2. The molecular weight excluding hydrogens is 320 g/mol. The predicted octanol–water partition coefficient (Wildman–Crippen LogP) is 3.02. The summed E-state index contributed by atoms with van der Waals surface area (Å²) in [7, 11) is 0. The number of nitrogens with one attached hydrogen (secondary N) is 1. The van der Waals surface area contributed by atoms with E-state index in [1.54, 1.807) is 0 Å². The van der Waals surface area contributed by atoms with Gasteiger partial charge in [0.1, 0.15) is 12.7 Å². The number of rotatable bonds is 6. The lowest BCUT2D eigenvalue weighted by atomic mass is 10.0. The standard InChI is InChI=1S/C18H16N4O3/c23-18(12-21-11-17(19-13-21)22(24)25)20-16-9-5-4-8-15(16)10-14-6-2-1-3-7-14/h1-9,11,13H,10,12H2,(H,20,23). The third-order valence-corrected chi connectivity index (χ3v) is 3.66. The summed E-state index contributed by atoms with van der Waals surface area (Å²) in [5, 5.41) is 13.5. The zero-order valence-electron chi connectivity index (χ0n) is 13.3. The normalized spacial score (nSPS) is 10.4. The number of imidazole rings is 1. The molecule has 7 heteroatoms. The van der Waals surface area contributed by atoms with Gasteiger partial charge in [-0.15, -0.1) is 0 Å². The highest BCUT2D eigenvalue weighted by Gasteiger charge is 2.13. The maximum Gasteiger partial charge on any atom is 0.381 e. The van der Waals surface area contributed by atoms with Crippen LogP contribution in [-0.2, 0) is 17.8 Å². The van der Waals surface area contributed by atoms with E-state index in [2.05, 4.69) is 10.3 Å². The molecule has 1 heterocycles. The molecule has 3 rings (SSSR count). The van der Waals surface area contributed by atoms with Gasteiger partial charge in [-0.25, -0.2) is 0 Å². The first-order valence-electron chi connectivity index (χ1n) is 7.69. The Kier molecular flexibility index (Phi) is 4.84. The summed E-state index contributed by atoms with van der Waals surface area (Å²) >= 11 is 0. The van der Waals surface area contributed by atoms with E-state index in [4.69, 9.17) is 0 Å². The van der Waals surface area contributed by atoms with E-state index < -0.39 is 4.92 Å². The van der Waals surface area contributed by atoms with E-state index in [1.807, 2.05) is 54.6 Å². The molecule has 0 aliphatic heterocycles. The second-order valence-corrected chi connectivity index (χ2v) is 5.53. The molecule has 7 nitrogen and oxygen atoms in total. The Morgan fingerprint density at radius 2 is 1.84 bits per heavy atom. The number of hydrogen-bond acceptors (Lipinski definition) is 4. The molecule has 126 valence electrons. The van der Waals surface area contributed by atoms with Crippen molar-refractivity contribution in [3.8, 4) is 0 Å². The van der Waals surface area contributed by atoms with E-state index in [-0.39, 0.29) is 18.3 Å². The molecule has 0 spiro atoms. The Hall–Kier alpha value is -3.48. The van der Waals surface area contributed by atoms with Crippen molar-refractivity contribution in [3.05, 3.63) is 88.4 Å². The van der Waals surface area contributed by atoms with E-state index >= 15 is 0 Å². The Morgan fingerprint density at radius 1 is 1.12 bits per heavy atom. The van der Waals surface area contributed by atoms with Crippen molar-refractivity contribution in [2.75, 3.05) is 5.32 Å². The molecule has 3 aromatic rings. The van der Waals surface area contributed by atoms with Crippen molar-refractivity contribution in [2.45, 2.75) is 13.0 Å². The second kappa shape index (κ2) is 7.39. The molecule has 25 heavy (non-hydrogen) atoms. The number of amides is 1. The molecule has 0 fully saturated rings. The van der Waals surface area contributed by atoms with Crippen LogP contribution in [-0.4, -0.2) is 20.4 Å². The average Bonchev–Trinajstić information content (AvgIpc) is 3.06. The maximum atomic E-state index is 12.2. The summed E-state index contributed by atoms with van der Waals surface area (Å²) in [6.45, 7) is -0.0412. The Labute approximate surface area is 144 Å². The molecule has 0 unspecified atom stereocenters. The van der Waals surface area contributed by atoms with E-state index in [0.717, 1.165) is 16.8 Å². The highest BCUT2D eigenvalue weighted by atomic mass is 16.6. The van der Waals surface area contributed by atoms with Crippen LogP contribution in [0.1, 0.15) is 11.1 Å². The number of hydrogen-bond donors (Lipinski definition) is 1. The van der Waals surface area contributed by atoms with Gasteiger partial charge in [0, 0.05) is 5.69 Å². The van der Waals surface area contributed by atoms with Crippen molar-refractivity contribution in [3.63, 3.8) is 0 Å². The zero-order chi connectivity index (χ0) is 17.6. The van der Waals surface area contributed by atoms with Crippen molar-refractivity contribution in [1.82, 2.24) is 9.55 Å². The third-order valence-electron chi connectivity index (χ3n) is 3.66. The first-order chi connectivity index (χ1) is 12.1. The van der Waals surface area contributed by atoms with Crippen molar-refractivity contribution >= 4 is 17.4 Å². The summed E-state index contributed by atoms with van der Waals surface area (Å²) in [6.07, 6.45) is 3.21. The number of carbonyl (C=O) groups excluding carboxylic acids is 1. The SMILES string of the molecule is O=C(Cn1cnc([N+](=O)[O-])c1)Nc1ccccc1Cc1ccccc1. The Morgan fingerprint density at radius 3 is 2.56 bits per heavy atom. The molecule has 0 saturated carbocycles. The van der Waals surface area contributed by atoms with Crippen LogP contribution in [0, 0.1) is 10.1 Å². The summed E-state index contributed by atoms with van der Waals surface area (Å²) in [5.74, 6) is -0.551. The largest absolute Gasteiger partial charge is 0.381 e. The van der Waals surface area contributed by atoms with Gasteiger partial charge in [-0.2, -0.15) is 0 Å². The number of anilines is 1. The van der Waals surface area contributed by atoms with Crippen LogP contribution in [0.25, 0.3) is 0 Å². The minimum atomic E-state index is -0.594. The molecule has 0 atom stereocenters. The van der Waals surface area contributed by atoms with Gasteiger partial charge in [0.25, 0.3) is 0 Å². The Bertz CT molecular complexity index is 890. The number of carbonyl (C=O) groups is 1. The van der Waals surface area contributed by atoms with Gasteiger partial charge >= 0.3 is 5.82 Å². The molecule has 0 saturated heterocycles. The first-order valence-corrected chi connectivity index (χ1v) is 7.69. The van der Waals surface area contributed by atoms with Crippen molar-refractivity contribution < 1.29 is 9.72 Å². The molecule has 0 aliphatic carbocycles. The van der Waals surface area contributed by atoms with Crippen LogP contribution in [0.5, 0.6) is 0 Å². The van der Waals surface area contributed by atoms with Gasteiger partial charge in [0.05, 0.1) is 0 Å². The van der Waals surface area contributed by atoms with Crippen LogP contribution in [0.4, 0.5) is 11.5 Å². The highest BCUT2D eigenvalue weighted by Crippen LogP contribution is 2.19. The molecule has 0 aliphatic rings. The van der Waals surface area contributed by atoms with Gasteiger partial charge in [-0.05, 0) is 33.5 Å². The lowest BCUT2D eigenvalue weighted by Crippen LogP contribution is -2.18. The number of aromatic nitrogens is 2. The van der Waals surface area contributed by atoms with Crippen LogP contribution in [0.15, 0.2) is 67.1 Å². The number of nitrogens with zero attached hydrogens (tertiary/aromatic N) is 3. The first kappa shape index (κ1) is 16.4. The minimum absolute atomic E-state index is 0.0412. The summed E-state index contributed by atoms with van der Waals surface area (Å²) in [5.41, 5.74) is 2.87. The van der Waals surface area contributed by atoms with Crippen LogP contribution < -0.4 is 5.32 Å². The van der Waals surface area contributed by atoms with Gasteiger partial charge < -0.3 is 20.0 Å². The molecule has 1 N–H and O–H groups in total. The molecule has 0 bridgehead atoms. The third kappa shape index (κ3) is 4.29. The van der Waals surface area contributed by atoms with Crippen LogP contribution in [0.3, 0.4) is 0 Å². The molecule has 0 radical (unpaired) electrons. The van der Waals surface area contributed by atoms with E-state index in [1.165, 1.54) is 17.1 Å². The lowest BCUT2D eigenvalue weighted by molar-refractivity contribution is -0.389. The summed E-state index contributed by atoms with van der Waals surface area (Å²) in [4.78, 5) is 25.9. The quantitative estimate of drug-likeness (QED) is 0.553. The summed E-state index contributed by atoms with van der Waals surface area (Å²) in [6, 6.07) is 17.6. The summed E-state index contributed by atoms with van der Waals surface area (Å²) < 4.78 is 1.38. The fourth-order valence-corrected chi connectivity index (χ4v) is 2.50. The topological polar surface area (TPSA) is 90.1 Å². The zero-order valence-corrected chi connectivity index (χ0v) is 13.3. The lowest BCUT2D eigenvalue weighted by Gasteiger charge is -2.11. The minimum Gasteiger partial charge on any atom is -0.358 e. The highest BCUT2D eigenvalue weighted by molar-refractivity contribution is 5.91. The predicted molar refractivity (Wildman–Crippen MR) is 93.2 cm³/mol. The van der Waals surface area contributed by atoms with Crippen LogP contribution in [0.2, 0.25) is 0 Å².